The Morgan fingerprint density at radius 1 is 0.340 bits per heavy atom. The molecular formula is C78H148O17P2. The van der Waals surface area contributed by atoms with Crippen LogP contribution in [0.1, 0.15) is 382 Å². The number of rotatable bonds is 75. The molecule has 0 rings (SSSR count). The third-order valence-electron chi connectivity index (χ3n) is 17.9. The second kappa shape index (κ2) is 69.3. The van der Waals surface area contributed by atoms with E-state index in [4.69, 9.17) is 37.0 Å². The molecule has 19 heteroatoms. The molecular weight excluding hydrogens is 1270 g/mol. The van der Waals surface area contributed by atoms with E-state index < -0.39 is 97.5 Å². The predicted molar refractivity (Wildman–Crippen MR) is 395 cm³/mol. The Morgan fingerprint density at radius 3 is 0.928 bits per heavy atom. The Morgan fingerprint density at radius 2 is 0.608 bits per heavy atom. The molecule has 0 saturated heterocycles. The van der Waals surface area contributed by atoms with E-state index in [-0.39, 0.29) is 25.7 Å². The first kappa shape index (κ1) is 94.5. The summed E-state index contributed by atoms with van der Waals surface area (Å²) in [7, 11) is -9.93. The molecule has 0 radical (unpaired) electrons. The molecule has 0 heterocycles. The number of aliphatic hydroxyl groups excluding tert-OH is 1. The molecule has 0 saturated carbocycles. The summed E-state index contributed by atoms with van der Waals surface area (Å²) in [5, 5.41) is 10.6. The van der Waals surface area contributed by atoms with Gasteiger partial charge in [0.1, 0.15) is 19.3 Å². The van der Waals surface area contributed by atoms with Crippen molar-refractivity contribution < 1.29 is 80.2 Å². The Bertz CT molecular complexity index is 1970. The van der Waals surface area contributed by atoms with Gasteiger partial charge in [-0.1, -0.05) is 329 Å². The summed E-state index contributed by atoms with van der Waals surface area (Å²) in [6.45, 7) is 9.57. The minimum Gasteiger partial charge on any atom is -0.462 e. The lowest BCUT2D eigenvalue weighted by Crippen LogP contribution is -2.30. The van der Waals surface area contributed by atoms with Crippen LogP contribution in [0.2, 0.25) is 0 Å². The smallest absolute Gasteiger partial charge is 0.462 e. The first-order valence-corrected chi connectivity index (χ1v) is 42.8. The number of carbonyl (C=O) groups excluding carboxylic acids is 4. The molecule has 0 aromatic rings. The van der Waals surface area contributed by atoms with Crippen LogP contribution in [0.15, 0.2) is 24.3 Å². The number of esters is 4. The maximum Gasteiger partial charge on any atom is 0.472 e. The van der Waals surface area contributed by atoms with Crippen molar-refractivity contribution in [3.05, 3.63) is 24.3 Å². The number of unbranched alkanes of at least 4 members (excludes halogenated alkanes) is 41. The number of phosphoric acid groups is 2. The van der Waals surface area contributed by atoms with E-state index in [1.807, 2.05) is 0 Å². The fraction of sp³-hybridized carbons (Fsp3) is 0.897. The van der Waals surface area contributed by atoms with Crippen LogP contribution < -0.4 is 0 Å². The van der Waals surface area contributed by atoms with Gasteiger partial charge in [-0.2, -0.15) is 0 Å². The molecule has 0 aliphatic heterocycles. The molecule has 0 amide bonds. The van der Waals surface area contributed by atoms with Crippen LogP contribution in [0.5, 0.6) is 0 Å². The number of ether oxygens (including phenoxy) is 4. The average Bonchev–Trinajstić information content (AvgIpc) is 1.76. The second-order valence-electron chi connectivity index (χ2n) is 28.1. The fourth-order valence-corrected chi connectivity index (χ4v) is 13.0. The number of phosphoric ester groups is 2. The molecule has 17 nitrogen and oxygen atoms in total. The van der Waals surface area contributed by atoms with Crippen molar-refractivity contribution in [3.8, 4) is 0 Å². The molecule has 572 valence electrons. The van der Waals surface area contributed by atoms with Gasteiger partial charge in [-0.25, -0.2) is 9.13 Å². The maximum atomic E-state index is 13.1. The van der Waals surface area contributed by atoms with Gasteiger partial charge in [0.15, 0.2) is 12.2 Å². The Balaban J connectivity index is 5.29. The van der Waals surface area contributed by atoms with E-state index in [2.05, 4.69) is 65.8 Å². The van der Waals surface area contributed by atoms with E-state index in [0.29, 0.717) is 25.7 Å². The Hall–Kier alpha value is -2.46. The van der Waals surface area contributed by atoms with Gasteiger partial charge in [0, 0.05) is 25.7 Å². The van der Waals surface area contributed by atoms with Gasteiger partial charge < -0.3 is 33.8 Å². The molecule has 3 N–H and O–H groups in total. The fourth-order valence-electron chi connectivity index (χ4n) is 11.4. The van der Waals surface area contributed by atoms with Crippen molar-refractivity contribution >= 4 is 39.5 Å². The highest BCUT2D eigenvalue weighted by Gasteiger charge is 2.30. The van der Waals surface area contributed by atoms with Gasteiger partial charge in [0.05, 0.1) is 26.4 Å². The lowest BCUT2D eigenvalue weighted by Gasteiger charge is -2.21. The van der Waals surface area contributed by atoms with Gasteiger partial charge >= 0.3 is 39.5 Å². The van der Waals surface area contributed by atoms with Gasteiger partial charge in [-0.3, -0.25) is 37.3 Å². The summed E-state index contributed by atoms with van der Waals surface area (Å²) in [4.78, 5) is 72.9. The van der Waals surface area contributed by atoms with Crippen LogP contribution >= 0.6 is 15.6 Å². The molecule has 0 aromatic carbocycles. The highest BCUT2D eigenvalue weighted by molar-refractivity contribution is 7.47. The summed E-state index contributed by atoms with van der Waals surface area (Å²) < 4.78 is 68.6. The molecule has 0 spiro atoms. The number of hydrogen-bond acceptors (Lipinski definition) is 15. The quantitative estimate of drug-likeness (QED) is 0.0169. The van der Waals surface area contributed by atoms with Crippen molar-refractivity contribution in [2.45, 2.75) is 400 Å². The molecule has 0 aliphatic carbocycles. The maximum absolute atomic E-state index is 13.1. The zero-order valence-corrected chi connectivity index (χ0v) is 64.7. The number of allylic oxidation sites excluding steroid dienone is 4. The van der Waals surface area contributed by atoms with Gasteiger partial charge in [0.2, 0.25) is 0 Å². The topological polar surface area (TPSA) is 237 Å². The van der Waals surface area contributed by atoms with Crippen LogP contribution in [0, 0.1) is 11.8 Å². The zero-order chi connectivity index (χ0) is 71.4. The summed E-state index contributed by atoms with van der Waals surface area (Å²) in [5.41, 5.74) is 0. The highest BCUT2D eigenvalue weighted by Crippen LogP contribution is 2.45. The van der Waals surface area contributed by atoms with Crippen molar-refractivity contribution in [2.75, 3.05) is 39.6 Å². The van der Waals surface area contributed by atoms with E-state index in [1.54, 1.807) is 0 Å². The SMILES string of the molecule is CCCCCC/C=C\C=C/CCCCCCCC(=O)OC[C@H](COP(=O)(O)OC[C@@H](O)COP(=O)(O)OC[C@@H](COC(=O)CCCCCCCCCCCCCC)OC(=O)CCCCCCCCCCCC(C)C)OC(=O)CCCCCCCCCCCCCCCCC(C)CC. The van der Waals surface area contributed by atoms with E-state index in [0.717, 1.165) is 121 Å². The zero-order valence-electron chi connectivity index (χ0n) is 62.9. The monoisotopic (exact) mass is 1420 g/mol. The minimum atomic E-state index is -4.97. The van der Waals surface area contributed by atoms with Crippen LogP contribution in [0.3, 0.4) is 0 Å². The first-order valence-electron chi connectivity index (χ1n) is 39.8. The summed E-state index contributed by atoms with van der Waals surface area (Å²) in [6, 6.07) is 0. The minimum absolute atomic E-state index is 0.101. The Labute approximate surface area is 592 Å². The molecule has 6 atom stereocenters. The third kappa shape index (κ3) is 70.4. The molecule has 0 fully saturated rings. The number of carbonyl (C=O) groups is 4. The summed E-state index contributed by atoms with van der Waals surface area (Å²) in [6.07, 6.45) is 60.3. The van der Waals surface area contributed by atoms with Crippen molar-refractivity contribution in [3.63, 3.8) is 0 Å². The standard InChI is InChI=1S/C78H148O17P2/c1-7-10-12-14-16-18-20-22-23-27-31-37-43-49-55-61-76(81)89-66-73(94-77(82)62-56-50-44-38-32-28-25-24-26-29-35-41-47-53-59-71(6)9-3)68-92-96(84,85)90-64-72(79)65-91-97(86,87)93-69-74(95-78(83)63-57-51-45-39-33-34-40-46-52-58-70(4)5)67-88-75(80)60-54-48-42-36-30-21-19-17-15-13-11-8-2/h18,20,22-23,70-74,79H,7-17,19,21,24-69H2,1-6H3,(H,84,85)(H,86,87)/b20-18-,23-22-/t71?,72-,73-,74-/m1/s1. The lowest BCUT2D eigenvalue weighted by atomic mass is 9.99. The van der Waals surface area contributed by atoms with Gasteiger partial charge in [-0.05, 0) is 63.2 Å². The molecule has 3 unspecified atom stereocenters. The van der Waals surface area contributed by atoms with Crippen LogP contribution in [0.25, 0.3) is 0 Å². The number of aliphatic hydroxyl groups is 1. The van der Waals surface area contributed by atoms with Gasteiger partial charge in [-0.15, -0.1) is 0 Å². The lowest BCUT2D eigenvalue weighted by molar-refractivity contribution is -0.161. The van der Waals surface area contributed by atoms with Crippen molar-refractivity contribution in [1.29, 1.82) is 0 Å². The molecule has 0 bridgehead atoms. The number of hydrogen-bond donors (Lipinski definition) is 3. The molecule has 0 aromatic heterocycles. The van der Waals surface area contributed by atoms with Crippen molar-refractivity contribution in [2.24, 2.45) is 11.8 Å². The van der Waals surface area contributed by atoms with Gasteiger partial charge in [0.25, 0.3) is 0 Å². The summed E-state index contributed by atoms with van der Waals surface area (Å²) in [5.74, 6) is -0.564. The highest BCUT2D eigenvalue weighted by atomic mass is 31.2. The van der Waals surface area contributed by atoms with Crippen LogP contribution in [0.4, 0.5) is 0 Å². The van der Waals surface area contributed by atoms with E-state index in [1.165, 1.54) is 180 Å². The van der Waals surface area contributed by atoms with E-state index in [9.17, 15) is 43.2 Å². The van der Waals surface area contributed by atoms with Crippen LogP contribution in [-0.2, 0) is 65.4 Å². The second-order valence-corrected chi connectivity index (χ2v) is 31.0. The average molecular weight is 1420 g/mol. The molecule has 97 heavy (non-hydrogen) atoms. The van der Waals surface area contributed by atoms with E-state index >= 15 is 0 Å². The normalized spacial score (nSPS) is 14.4. The third-order valence-corrected chi connectivity index (χ3v) is 19.8. The molecule has 0 aliphatic rings. The summed E-state index contributed by atoms with van der Waals surface area (Å²) >= 11 is 0. The Kier molecular flexibility index (Phi) is 67.5. The first-order chi connectivity index (χ1) is 46.9. The predicted octanol–water partition coefficient (Wildman–Crippen LogP) is 22.7. The van der Waals surface area contributed by atoms with Crippen LogP contribution in [-0.4, -0.2) is 96.7 Å². The largest absolute Gasteiger partial charge is 0.472 e. The van der Waals surface area contributed by atoms with Crippen molar-refractivity contribution in [1.82, 2.24) is 0 Å².